The highest BCUT2D eigenvalue weighted by molar-refractivity contribution is 7.09. The van der Waals surface area contributed by atoms with Crippen LogP contribution < -0.4 is 0 Å². The zero-order valence-electron chi connectivity index (χ0n) is 14.0. The third kappa shape index (κ3) is 3.70. The largest absolute Gasteiger partial charge is 0.379 e. The molecule has 2 aromatic heterocycles. The molecule has 1 spiro atoms. The van der Waals surface area contributed by atoms with E-state index in [0.717, 1.165) is 31.1 Å². The van der Waals surface area contributed by atoms with E-state index in [1.54, 1.807) is 23.7 Å². The van der Waals surface area contributed by atoms with E-state index in [9.17, 15) is 4.79 Å². The molecule has 0 radical (unpaired) electrons. The summed E-state index contributed by atoms with van der Waals surface area (Å²) in [5.74, 6) is -0.0589. The second-order valence-corrected chi connectivity index (χ2v) is 7.74. The topological polar surface area (TPSA) is 71.5 Å². The fourth-order valence-corrected chi connectivity index (χ4v) is 4.33. The minimum Gasteiger partial charge on any atom is -0.379 e. The maximum Gasteiger partial charge on any atom is 0.274 e. The number of ether oxygens (including phenoxy) is 1. The predicted octanol–water partition coefficient (Wildman–Crippen LogP) is 1.30. The summed E-state index contributed by atoms with van der Waals surface area (Å²) in [7, 11) is 0. The number of carbonyl (C=O) groups is 1. The quantitative estimate of drug-likeness (QED) is 0.823. The predicted molar refractivity (Wildman–Crippen MR) is 93.2 cm³/mol. The Balaban J connectivity index is 1.46. The van der Waals surface area contributed by atoms with Crippen LogP contribution in [0.5, 0.6) is 0 Å². The molecule has 132 valence electrons. The van der Waals surface area contributed by atoms with Crippen LogP contribution in [0.1, 0.15) is 21.9 Å². The van der Waals surface area contributed by atoms with Gasteiger partial charge in [-0.3, -0.25) is 14.7 Å². The van der Waals surface area contributed by atoms with Crippen molar-refractivity contribution in [3.63, 3.8) is 0 Å². The van der Waals surface area contributed by atoms with E-state index >= 15 is 0 Å². The number of carbonyl (C=O) groups excluding carboxylic acids is 1. The van der Waals surface area contributed by atoms with Crippen molar-refractivity contribution in [2.24, 2.45) is 5.41 Å². The van der Waals surface area contributed by atoms with Gasteiger partial charge in [0.2, 0.25) is 0 Å². The number of amides is 1. The first-order chi connectivity index (χ1) is 12.2. The second kappa shape index (κ2) is 7.15. The van der Waals surface area contributed by atoms with Gasteiger partial charge >= 0.3 is 0 Å². The lowest BCUT2D eigenvalue weighted by molar-refractivity contribution is 0.0640. The summed E-state index contributed by atoms with van der Waals surface area (Å²) in [6.45, 7) is 5.39. The molecule has 0 aliphatic carbocycles. The van der Waals surface area contributed by atoms with Crippen molar-refractivity contribution in [1.29, 1.82) is 0 Å². The van der Waals surface area contributed by atoms with Crippen LogP contribution in [0.3, 0.4) is 0 Å². The minimum atomic E-state index is -0.0589. The van der Waals surface area contributed by atoms with E-state index in [-0.39, 0.29) is 11.3 Å². The van der Waals surface area contributed by atoms with Gasteiger partial charge in [0, 0.05) is 49.0 Å². The van der Waals surface area contributed by atoms with Crippen molar-refractivity contribution in [3.8, 4) is 0 Å². The van der Waals surface area contributed by atoms with Crippen molar-refractivity contribution >= 4 is 17.2 Å². The summed E-state index contributed by atoms with van der Waals surface area (Å²) in [6.07, 6.45) is 7.55. The Bertz CT molecular complexity index is 711. The first-order valence-corrected chi connectivity index (χ1v) is 9.36. The lowest BCUT2D eigenvalue weighted by Crippen LogP contribution is -2.43. The average Bonchev–Trinajstić information content (AvgIpc) is 3.23. The summed E-state index contributed by atoms with van der Waals surface area (Å²) in [4.78, 5) is 29.6. The fourth-order valence-electron chi connectivity index (χ4n) is 3.67. The highest BCUT2D eigenvalue weighted by Crippen LogP contribution is 2.34. The minimum absolute atomic E-state index is 0.00831. The Kier molecular flexibility index (Phi) is 4.74. The van der Waals surface area contributed by atoms with Gasteiger partial charge in [0.25, 0.3) is 5.91 Å². The second-order valence-electron chi connectivity index (χ2n) is 6.76. The van der Waals surface area contributed by atoms with Crippen LogP contribution in [0, 0.1) is 5.41 Å². The molecule has 0 unspecified atom stereocenters. The van der Waals surface area contributed by atoms with E-state index in [1.807, 2.05) is 16.5 Å². The van der Waals surface area contributed by atoms with Gasteiger partial charge in [-0.25, -0.2) is 9.97 Å². The fraction of sp³-hybridized carbons (Fsp3) is 0.529. The summed E-state index contributed by atoms with van der Waals surface area (Å²) in [6, 6.07) is 0. The lowest BCUT2D eigenvalue weighted by Gasteiger charge is -2.31. The number of rotatable bonds is 3. The highest BCUT2D eigenvalue weighted by atomic mass is 32.1. The molecule has 2 aromatic rings. The molecule has 2 fully saturated rings. The maximum atomic E-state index is 12.8. The van der Waals surface area contributed by atoms with Crippen LogP contribution in [-0.2, 0) is 11.3 Å². The number of hydrogen-bond donors (Lipinski definition) is 0. The molecule has 2 aliphatic heterocycles. The normalized spacial score (nSPS) is 24.6. The molecule has 25 heavy (non-hydrogen) atoms. The van der Waals surface area contributed by atoms with Crippen LogP contribution in [0.25, 0.3) is 0 Å². The van der Waals surface area contributed by atoms with E-state index in [4.69, 9.17) is 4.74 Å². The Morgan fingerprint density at radius 2 is 2.20 bits per heavy atom. The molecule has 0 aromatic carbocycles. The number of aromatic nitrogens is 3. The van der Waals surface area contributed by atoms with E-state index in [2.05, 4.69) is 19.9 Å². The third-order valence-corrected chi connectivity index (χ3v) is 5.63. The van der Waals surface area contributed by atoms with Crippen molar-refractivity contribution < 1.29 is 9.53 Å². The zero-order valence-corrected chi connectivity index (χ0v) is 14.8. The molecule has 1 atom stereocenters. The van der Waals surface area contributed by atoms with Crippen molar-refractivity contribution in [1.82, 2.24) is 24.8 Å². The number of hydrogen-bond acceptors (Lipinski definition) is 7. The van der Waals surface area contributed by atoms with Gasteiger partial charge in [0.05, 0.1) is 26.0 Å². The van der Waals surface area contributed by atoms with Gasteiger partial charge in [-0.15, -0.1) is 11.3 Å². The Labute approximate surface area is 150 Å². The number of nitrogens with zero attached hydrogens (tertiary/aromatic N) is 5. The zero-order chi connectivity index (χ0) is 17.1. The van der Waals surface area contributed by atoms with E-state index in [0.29, 0.717) is 32.0 Å². The molecule has 0 bridgehead atoms. The summed E-state index contributed by atoms with van der Waals surface area (Å²) in [5.41, 5.74) is 0.392. The maximum absolute atomic E-state index is 12.8. The molecular weight excluding hydrogens is 338 g/mol. The Morgan fingerprint density at radius 1 is 1.24 bits per heavy atom. The summed E-state index contributed by atoms with van der Waals surface area (Å²) >= 11 is 1.69. The van der Waals surface area contributed by atoms with E-state index in [1.165, 1.54) is 6.20 Å². The van der Waals surface area contributed by atoms with Gasteiger partial charge < -0.3 is 9.64 Å². The molecule has 1 amide bonds. The molecule has 2 saturated heterocycles. The van der Waals surface area contributed by atoms with Crippen LogP contribution in [-0.4, -0.2) is 70.1 Å². The number of likely N-dealkylation sites (tertiary alicyclic amines) is 1. The lowest BCUT2D eigenvalue weighted by atomic mass is 9.87. The van der Waals surface area contributed by atoms with E-state index < -0.39 is 0 Å². The first kappa shape index (κ1) is 16.6. The SMILES string of the molecule is O=C(c1cnccn1)N1CCOC[C@]2(CCN(Cc3nccs3)C2)C1. The highest BCUT2D eigenvalue weighted by Gasteiger charge is 2.42. The van der Waals surface area contributed by atoms with Gasteiger partial charge in [0.1, 0.15) is 10.7 Å². The smallest absolute Gasteiger partial charge is 0.274 e. The molecule has 0 N–H and O–H groups in total. The molecule has 0 saturated carbocycles. The average molecular weight is 359 g/mol. The van der Waals surface area contributed by atoms with Crippen molar-refractivity contribution in [2.45, 2.75) is 13.0 Å². The standard InChI is InChI=1S/C17H21N5O2S/c23-16(14-9-18-2-3-19-14)22-6-7-24-13-17(12-22)1-5-21(11-17)10-15-20-4-8-25-15/h2-4,8-9H,1,5-7,10-13H2/t17-/m0/s1. The Hall–Kier alpha value is -1.90. The van der Waals surface area contributed by atoms with Crippen molar-refractivity contribution in [3.05, 3.63) is 40.9 Å². The molecular formula is C17H21N5O2S. The monoisotopic (exact) mass is 359 g/mol. The Morgan fingerprint density at radius 3 is 3.00 bits per heavy atom. The van der Waals surface area contributed by atoms with Gasteiger partial charge in [-0.05, 0) is 13.0 Å². The molecule has 7 nitrogen and oxygen atoms in total. The van der Waals surface area contributed by atoms with Gasteiger partial charge in [-0.2, -0.15) is 0 Å². The summed E-state index contributed by atoms with van der Waals surface area (Å²) in [5, 5.41) is 3.15. The first-order valence-electron chi connectivity index (χ1n) is 8.48. The summed E-state index contributed by atoms with van der Waals surface area (Å²) < 4.78 is 5.86. The molecule has 2 aliphatic rings. The van der Waals surface area contributed by atoms with Crippen LogP contribution >= 0.6 is 11.3 Å². The van der Waals surface area contributed by atoms with Gasteiger partial charge in [0.15, 0.2) is 0 Å². The van der Waals surface area contributed by atoms with Crippen LogP contribution in [0.4, 0.5) is 0 Å². The molecule has 4 rings (SSSR count). The third-order valence-electron chi connectivity index (χ3n) is 4.87. The van der Waals surface area contributed by atoms with Crippen molar-refractivity contribution in [2.75, 3.05) is 39.4 Å². The molecule has 8 heteroatoms. The van der Waals surface area contributed by atoms with Crippen LogP contribution in [0.15, 0.2) is 30.2 Å². The number of thiazole rings is 1. The van der Waals surface area contributed by atoms with Gasteiger partial charge in [-0.1, -0.05) is 0 Å². The van der Waals surface area contributed by atoms with Crippen LogP contribution in [0.2, 0.25) is 0 Å². The molecule has 4 heterocycles.